The van der Waals surface area contributed by atoms with E-state index in [1.807, 2.05) is 12.1 Å². The minimum absolute atomic E-state index is 0.0635. The maximum atomic E-state index is 11.7. The fraction of sp³-hybridized carbons (Fsp3) is 0.273. The van der Waals surface area contributed by atoms with Gasteiger partial charge in [0.05, 0.1) is 0 Å². The maximum Gasteiger partial charge on any atom is 0.229 e. The number of nitrogens with two attached hydrogens (primary N) is 1. The molecule has 0 unspecified atom stereocenters. The Hall–Kier alpha value is -1.86. The lowest BCUT2D eigenvalue weighted by Crippen LogP contribution is -2.27. The van der Waals surface area contributed by atoms with E-state index in [0.29, 0.717) is 18.1 Å². The van der Waals surface area contributed by atoms with Gasteiger partial charge < -0.3 is 5.73 Å². The summed E-state index contributed by atoms with van der Waals surface area (Å²) in [5, 5.41) is 9.36. The molecule has 7 heteroatoms. The van der Waals surface area contributed by atoms with Crippen molar-refractivity contribution in [2.24, 2.45) is 5.73 Å². The van der Waals surface area contributed by atoms with Crippen LogP contribution in [0.2, 0.25) is 0 Å². The third kappa shape index (κ3) is 2.69. The molecule has 2 heterocycles. The average Bonchev–Trinajstić information content (AvgIpc) is 2.89. The Balaban J connectivity index is 2.18. The quantitative estimate of drug-likeness (QED) is 0.886. The summed E-state index contributed by atoms with van der Waals surface area (Å²) in [6.07, 6.45) is 3.71. The number of carbonyl (C=O) groups is 1. The number of anilines is 1. The van der Waals surface area contributed by atoms with Gasteiger partial charge in [-0.25, -0.2) is 0 Å². The summed E-state index contributed by atoms with van der Waals surface area (Å²) in [5.74, 6) is -0.0635. The van der Waals surface area contributed by atoms with E-state index in [2.05, 4.69) is 15.2 Å². The van der Waals surface area contributed by atoms with Crippen LogP contribution in [0.5, 0.6) is 0 Å². The lowest BCUT2D eigenvalue weighted by atomic mass is 10.3. The van der Waals surface area contributed by atoms with E-state index in [1.165, 1.54) is 16.2 Å². The largest absolute Gasteiger partial charge is 0.330 e. The Bertz CT molecular complexity index is 527. The Morgan fingerprint density at radius 1 is 1.50 bits per heavy atom. The van der Waals surface area contributed by atoms with Gasteiger partial charge in [0.25, 0.3) is 0 Å². The van der Waals surface area contributed by atoms with Gasteiger partial charge in [0.15, 0.2) is 5.01 Å². The number of pyridine rings is 1. The highest BCUT2D eigenvalue weighted by atomic mass is 32.1. The molecular formula is C11H13N5OS. The second kappa shape index (κ2) is 5.65. The molecule has 2 rings (SSSR count). The molecule has 0 saturated carbocycles. The molecule has 18 heavy (non-hydrogen) atoms. The number of nitrogens with zero attached hydrogens (tertiary/aromatic N) is 4. The SMILES string of the molecule is CN(C(=O)CCN)c1nnc(-c2cccnc2)s1. The van der Waals surface area contributed by atoms with Crippen molar-refractivity contribution in [1.82, 2.24) is 15.2 Å². The molecule has 0 bridgehead atoms. The molecule has 0 saturated heterocycles. The summed E-state index contributed by atoms with van der Waals surface area (Å²) in [7, 11) is 1.67. The van der Waals surface area contributed by atoms with Crippen LogP contribution in [0.4, 0.5) is 5.13 Å². The first-order chi connectivity index (χ1) is 8.72. The number of amides is 1. The van der Waals surface area contributed by atoms with E-state index < -0.39 is 0 Å². The lowest BCUT2D eigenvalue weighted by molar-refractivity contribution is -0.118. The molecule has 0 aliphatic carbocycles. The fourth-order valence-electron chi connectivity index (χ4n) is 1.35. The molecule has 1 amide bonds. The van der Waals surface area contributed by atoms with Gasteiger partial charge in [-0.05, 0) is 12.1 Å². The van der Waals surface area contributed by atoms with Gasteiger partial charge in [-0.3, -0.25) is 14.7 Å². The first-order valence-electron chi connectivity index (χ1n) is 5.43. The van der Waals surface area contributed by atoms with Gasteiger partial charge in [0, 0.05) is 38.0 Å². The summed E-state index contributed by atoms with van der Waals surface area (Å²) in [5.41, 5.74) is 6.24. The van der Waals surface area contributed by atoms with Crippen molar-refractivity contribution in [3.05, 3.63) is 24.5 Å². The molecule has 94 valence electrons. The monoisotopic (exact) mass is 263 g/mol. The minimum atomic E-state index is -0.0635. The van der Waals surface area contributed by atoms with Gasteiger partial charge >= 0.3 is 0 Å². The van der Waals surface area contributed by atoms with Crippen molar-refractivity contribution in [3.8, 4) is 10.6 Å². The van der Waals surface area contributed by atoms with E-state index in [0.717, 1.165) is 10.6 Å². The van der Waals surface area contributed by atoms with Crippen LogP contribution in [0.1, 0.15) is 6.42 Å². The molecule has 0 spiro atoms. The van der Waals surface area contributed by atoms with Crippen molar-refractivity contribution >= 4 is 22.4 Å². The van der Waals surface area contributed by atoms with Crippen molar-refractivity contribution in [2.45, 2.75) is 6.42 Å². The van der Waals surface area contributed by atoms with Crippen molar-refractivity contribution < 1.29 is 4.79 Å². The van der Waals surface area contributed by atoms with Crippen LogP contribution in [-0.2, 0) is 4.79 Å². The van der Waals surface area contributed by atoms with Crippen molar-refractivity contribution in [3.63, 3.8) is 0 Å². The van der Waals surface area contributed by atoms with Gasteiger partial charge in [0.2, 0.25) is 11.0 Å². The Labute approximate surface area is 108 Å². The molecule has 2 N–H and O–H groups in total. The van der Waals surface area contributed by atoms with Crippen LogP contribution in [0, 0.1) is 0 Å². The second-order valence-corrected chi connectivity index (χ2v) is 4.58. The summed E-state index contributed by atoms with van der Waals surface area (Å²) in [6, 6.07) is 3.73. The first-order valence-corrected chi connectivity index (χ1v) is 6.24. The zero-order valence-corrected chi connectivity index (χ0v) is 10.7. The van der Waals surface area contributed by atoms with Crippen LogP contribution in [0.15, 0.2) is 24.5 Å². The van der Waals surface area contributed by atoms with Crippen molar-refractivity contribution in [2.75, 3.05) is 18.5 Å². The van der Waals surface area contributed by atoms with Gasteiger partial charge in [-0.15, -0.1) is 10.2 Å². The van der Waals surface area contributed by atoms with E-state index >= 15 is 0 Å². The molecule has 2 aromatic heterocycles. The second-order valence-electron chi connectivity index (χ2n) is 3.62. The number of hydrogen-bond acceptors (Lipinski definition) is 6. The third-order valence-electron chi connectivity index (χ3n) is 2.34. The molecule has 2 aromatic rings. The van der Waals surface area contributed by atoms with Crippen molar-refractivity contribution in [1.29, 1.82) is 0 Å². The summed E-state index contributed by atoms with van der Waals surface area (Å²) >= 11 is 1.35. The number of aromatic nitrogens is 3. The molecule has 6 nitrogen and oxygen atoms in total. The summed E-state index contributed by atoms with van der Waals surface area (Å²) < 4.78 is 0. The molecular weight excluding hydrogens is 250 g/mol. The Morgan fingerprint density at radius 3 is 3.00 bits per heavy atom. The smallest absolute Gasteiger partial charge is 0.229 e. The average molecular weight is 263 g/mol. The number of rotatable bonds is 4. The van der Waals surface area contributed by atoms with Crippen LogP contribution in [0.25, 0.3) is 10.6 Å². The highest BCUT2D eigenvalue weighted by Gasteiger charge is 2.15. The molecule has 0 aliphatic heterocycles. The zero-order valence-electron chi connectivity index (χ0n) is 9.91. The first kappa shape index (κ1) is 12.6. The van der Waals surface area contributed by atoms with E-state index in [1.54, 1.807) is 19.4 Å². The van der Waals surface area contributed by atoms with Gasteiger partial charge in [-0.1, -0.05) is 11.3 Å². The highest BCUT2D eigenvalue weighted by molar-refractivity contribution is 7.18. The number of carbonyl (C=O) groups excluding carboxylic acids is 1. The standard InChI is InChI=1S/C11H13N5OS/c1-16(9(17)4-5-12)11-15-14-10(18-11)8-3-2-6-13-7-8/h2-3,6-7H,4-5,12H2,1H3. The van der Waals surface area contributed by atoms with E-state index in [-0.39, 0.29) is 5.91 Å². The predicted octanol–water partition coefficient (Wildman–Crippen LogP) is 0.912. The lowest BCUT2D eigenvalue weighted by Gasteiger charge is -2.11. The van der Waals surface area contributed by atoms with E-state index in [4.69, 9.17) is 5.73 Å². The molecule has 0 atom stereocenters. The zero-order chi connectivity index (χ0) is 13.0. The van der Waals surface area contributed by atoms with Gasteiger partial charge in [-0.2, -0.15) is 0 Å². The highest BCUT2D eigenvalue weighted by Crippen LogP contribution is 2.27. The minimum Gasteiger partial charge on any atom is -0.330 e. The van der Waals surface area contributed by atoms with Crippen LogP contribution in [-0.4, -0.2) is 34.7 Å². The van der Waals surface area contributed by atoms with Crippen LogP contribution in [0.3, 0.4) is 0 Å². The fourth-order valence-corrected chi connectivity index (χ4v) is 2.17. The molecule has 0 fully saturated rings. The summed E-state index contributed by atoms with van der Waals surface area (Å²) in [4.78, 5) is 17.2. The summed E-state index contributed by atoms with van der Waals surface area (Å²) in [6.45, 7) is 0.331. The normalized spacial score (nSPS) is 10.3. The Kier molecular flexibility index (Phi) is 3.96. The predicted molar refractivity (Wildman–Crippen MR) is 70.2 cm³/mol. The maximum absolute atomic E-state index is 11.7. The van der Waals surface area contributed by atoms with Crippen LogP contribution >= 0.6 is 11.3 Å². The molecule has 0 aromatic carbocycles. The topological polar surface area (TPSA) is 85.0 Å². The third-order valence-corrected chi connectivity index (χ3v) is 3.39. The van der Waals surface area contributed by atoms with E-state index in [9.17, 15) is 4.79 Å². The number of hydrogen-bond donors (Lipinski definition) is 1. The molecule has 0 aliphatic rings. The van der Waals surface area contributed by atoms with Gasteiger partial charge in [0.1, 0.15) is 0 Å². The Morgan fingerprint density at radius 2 is 2.33 bits per heavy atom. The molecule has 0 radical (unpaired) electrons. The van der Waals surface area contributed by atoms with Crippen LogP contribution < -0.4 is 10.6 Å².